The second-order valence-electron chi connectivity index (χ2n) is 3.80. The van der Waals surface area contributed by atoms with E-state index in [-0.39, 0.29) is 18.2 Å². The Morgan fingerprint density at radius 2 is 1.89 bits per heavy atom. The van der Waals surface area contributed by atoms with Crippen LogP contribution in [0.25, 0.3) is 0 Å². The number of carbonyl (C=O) groups is 1. The average molecular weight is 343 g/mol. The van der Waals surface area contributed by atoms with Crippen molar-refractivity contribution < 1.29 is 26.5 Å². The lowest BCUT2D eigenvalue weighted by Gasteiger charge is -2.02. The van der Waals surface area contributed by atoms with Gasteiger partial charge in [-0.1, -0.05) is 0 Å². The van der Waals surface area contributed by atoms with Gasteiger partial charge in [0.2, 0.25) is 16.9 Å². The van der Waals surface area contributed by atoms with Crippen LogP contribution in [0.15, 0.2) is 53.3 Å². The maximum atomic E-state index is 12.1. The number of aromatic nitrogens is 1. The molecule has 1 heterocycles. The fraction of sp³-hybridized carbons (Fsp3) is 0.143. The van der Waals surface area contributed by atoms with E-state index >= 15 is 0 Å². The molecule has 0 saturated carbocycles. The zero-order valence-electron chi connectivity index (χ0n) is 10.3. The van der Waals surface area contributed by atoms with E-state index in [9.17, 15) is 4.79 Å². The summed E-state index contributed by atoms with van der Waals surface area (Å²) in [7, 11) is 1.60. The largest absolute Gasteiger partial charge is 1.00 e. The second-order valence-corrected chi connectivity index (χ2v) is 4.62. The van der Waals surface area contributed by atoms with Crippen molar-refractivity contribution in [1.82, 2.24) is 0 Å². The summed E-state index contributed by atoms with van der Waals surface area (Å²) in [6.45, 7) is 0.313. The first-order valence-corrected chi connectivity index (χ1v) is 6.31. The van der Waals surface area contributed by atoms with Crippen LogP contribution in [0.5, 0.6) is 5.75 Å². The van der Waals surface area contributed by atoms with Gasteiger partial charge in [-0.2, -0.15) is 4.57 Å². The SMILES string of the molecule is COc1ccc(C(=O)C[n+]2ccccc2Br)cc1.[Cl-]. The van der Waals surface area contributed by atoms with Crippen molar-refractivity contribution in [3.8, 4) is 5.75 Å². The lowest BCUT2D eigenvalue weighted by Crippen LogP contribution is -3.00. The molecule has 0 N–H and O–H groups in total. The lowest BCUT2D eigenvalue weighted by atomic mass is 10.1. The quantitative estimate of drug-likeness (QED) is 0.431. The smallest absolute Gasteiger partial charge is 0.248 e. The van der Waals surface area contributed by atoms with Crippen LogP contribution < -0.4 is 21.7 Å². The van der Waals surface area contributed by atoms with Gasteiger partial charge in [0, 0.05) is 33.6 Å². The van der Waals surface area contributed by atoms with Gasteiger partial charge in [-0.15, -0.1) is 0 Å². The average Bonchev–Trinajstić information content (AvgIpc) is 2.41. The molecular weight excluding hydrogens is 330 g/mol. The van der Waals surface area contributed by atoms with Crippen LogP contribution in [0.2, 0.25) is 0 Å². The molecule has 5 heteroatoms. The van der Waals surface area contributed by atoms with Crippen LogP contribution >= 0.6 is 15.9 Å². The summed E-state index contributed by atoms with van der Waals surface area (Å²) in [6.07, 6.45) is 1.87. The van der Waals surface area contributed by atoms with Crippen molar-refractivity contribution >= 4 is 21.7 Å². The molecule has 0 aliphatic rings. The monoisotopic (exact) mass is 341 g/mol. The molecule has 19 heavy (non-hydrogen) atoms. The zero-order valence-corrected chi connectivity index (χ0v) is 12.7. The van der Waals surface area contributed by atoms with E-state index in [4.69, 9.17) is 4.74 Å². The Labute approximate surface area is 126 Å². The van der Waals surface area contributed by atoms with Crippen molar-refractivity contribution in [3.63, 3.8) is 0 Å². The Hall–Kier alpha value is -1.39. The fourth-order valence-corrected chi connectivity index (χ4v) is 2.00. The summed E-state index contributed by atoms with van der Waals surface area (Å²) in [5.41, 5.74) is 0.680. The van der Waals surface area contributed by atoms with E-state index in [0.717, 1.165) is 10.4 Å². The number of hydrogen-bond acceptors (Lipinski definition) is 2. The van der Waals surface area contributed by atoms with E-state index in [1.165, 1.54) is 0 Å². The standard InChI is InChI=1S/C14H13BrNO2.ClH/c1-18-12-7-5-11(6-8-12)13(17)10-16-9-3-2-4-14(16)15;/h2-9H,10H2,1H3;1H/q+1;/p-1. The zero-order chi connectivity index (χ0) is 13.0. The predicted molar refractivity (Wildman–Crippen MR) is 71.7 cm³/mol. The highest BCUT2D eigenvalue weighted by atomic mass is 79.9. The van der Waals surface area contributed by atoms with Gasteiger partial charge < -0.3 is 17.1 Å². The molecule has 0 amide bonds. The maximum Gasteiger partial charge on any atom is 0.248 e. The molecule has 0 aliphatic heterocycles. The summed E-state index contributed by atoms with van der Waals surface area (Å²) in [5.74, 6) is 0.814. The number of rotatable bonds is 4. The summed E-state index contributed by atoms with van der Waals surface area (Å²) in [5, 5.41) is 0. The molecule has 3 nitrogen and oxygen atoms in total. The Morgan fingerprint density at radius 3 is 2.47 bits per heavy atom. The van der Waals surface area contributed by atoms with Gasteiger partial charge in [0.15, 0.2) is 6.20 Å². The number of pyridine rings is 1. The Kier molecular flexibility index (Phi) is 5.99. The van der Waals surface area contributed by atoms with E-state index in [0.29, 0.717) is 12.1 Å². The number of ketones is 1. The predicted octanol–water partition coefficient (Wildman–Crippen LogP) is -0.368. The normalized spacial score (nSPS) is 9.58. The molecule has 0 saturated heterocycles. The fourth-order valence-electron chi connectivity index (χ4n) is 1.61. The minimum absolute atomic E-state index is 0. The Morgan fingerprint density at radius 1 is 1.21 bits per heavy atom. The molecule has 1 aromatic heterocycles. The molecule has 0 fully saturated rings. The number of Topliss-reactive ketones (excluding diaryl/α,β-unsaturated/α-hetero) is 1. The van der Waals surface area contributed by atoms with Crippen molar-refractivity contribution in [2.45, 2.75) is 6.54 Å². The van der Waals surface area contributed by atoms with Gasteiger partial charge in [0.05, 0.1) is 7.11 Å². The van der Waals surface area contributed by atoms with Gasteiger partial charge in [-0.3, -0.25) is 4.79 Å². The molecule has 1 aromatic carbocycles. The van der Waals surface area contributed by atoms with Gasteiger partial charge in [-0.25, -0.2) is 0 Å². The third kappa shape index (κ3) is 4.04. The number of methoxy groups -OCH3 is 1. The third-order valence-electron chi connectivity index (χ3n) is 2.61. The van der Waals surface area contributed by atoms with E-state index in [1.807, 2.05) is 29.0 Å². The summed E-state index contributed by atoms with van der Waals surface area (Å²) in [4.78, 5) is 12.1. The minimum atomic E-state index is 0. The van der Waals surface area contributed by atoms with Crippen molar-refractivity contribution in [3.05, 3.63) is 58.8 Å². The minimum Gasteiger partial charge on any atom is -1.00 e. The van der Waals surface area contributed by atoms with Crippen LogP contribution in [-0.4, -0.2) is 12.9 Å². The van der Waals surface area contributed by atoms with Crippen molar-refractivity contribution in [1.29, 1.82) is 0 Å². The first kappa shape index (κ1) is 15.7. The summed E-state index contributed by atoms with van der Waals surface area (Å²) < 4.78 is 7.80. The van der Waals surface area contributed by atoms with Gasteiger partial charge in [0.1, 0.15) is 5.75 Å². The highest BCUT2D eigenvalue weighted by molar-refractivity contribution is 9.10. The third-order valence-corrected chi connectivity index (χ3v) is 3.33. The lowest BCUT2D eigenvalue weighted by molar-refractivity contribution is -0.694. The molecule has 0 atom stereocenters. The van der Waals surface area contributed by atoms with Crippen LogP contribution in [0.3, 0.4) is 0 Å². The number of nitrogens with zero attached hydrogens (tertiary/aromatic N) is 1. The number of halogens is 2. The number of ether oxygens (including phenoxy) is 1. The topological polar surface area (TPSA) is 30.2 Å². The number of benzene rings is 1. The van der Waals surface area contributed by atoms with E-state index in [2.05, 4.69) is 15.9 Å². The first-order chi connectivity index (χ1) is 8.70. The number of carbonyl (C=O) groups excluding carboxylic acids is 1. The van der Waals surface area contributed by atoms with Crippen LogP contribution in [-0.2, 0) is 6.54 Å². The molecule has 0 aliphatic carbocycles. The van der Waals surface area contributed by atoms with Crippen molar-refractivity contribution in [2.24, 2.45) is 0 Å². The van der Waals surface area contributed by atoms with Crippen LogP contribution in [0.1, 0.15) is 10.4 Å². The molecule has 0 unspecified atom stereocenters. The second kappa shape index (κ2) is 7.26. The molecule has 2 aromatic rings. The molecular formula is C14H13BrClNO2. The maximum absolute atomic E-state index is 12.1. The highest BCUT2D eigenvalue weighted by Crippen LogP contribution is 2.12. The molecule has 0 radical (unpaired) electrons. The molecule has 2 rings (SSSR count). The van der Waals surface area contributed by atoms with Crippen LogP contribution in [0, 0.1) is 0 Å². The van der Waals surface area contributed by atoms with Gasteiger partial charge in [0.25, 0.3) is 0 Å². The molecule has 100 valence electrons. The van der Waals surface area contributed by atoms with Crippen LogP contribution in [0.4, 0.5) is 0 Å². The Balaban J connectivity index is 0.00000180. The van der Waals surface area contributed by atoms with Crippen molar-refractivity contribution in [2.75, 3.05) is 7.11 Å². The van der Waals surface area contributed by atoms with E-state index < -0.39 is 0 Å². The summed E-state index contributed by atoms with van der Waals surface area (Å²) >= 11 is 3.41. The Bertz CT molecular complexity index is 558. The van der Waals surface area contributed by atoms with Gasteiger partial charge >= 0.3 is 0 Å². The summed E-state index contributed by atoms with van der Waals surface area (Å²) in [6, 6.07) is 12.8. The van der Waals surface area contributed by atoms with Gasteiger partial charge in [-0.05, 0) is 30.3 Å². The molecule has 0 spiro atoms. The van der Waals surface area contributed by atoms with E-state index in [1.54, 1.807) is 31.4 Å². The first-order valence-electron chi connectivity index (χ1n) is 5.52. The number of hydrogen-bond donors (Lipinski definition) is 0. The highest BCUT2D eigenvalue weighted by Gasteiger charge is 2.14. The molecule has 0 bridgehead atoms.